The predicted octanol–water partition coefficient (Wildman–Crippen LogP) is 0.578. The normalized spacial score (nSPS) is 23.1. The molecule has 0 aromatic heterocycles. The number of hydrogen-bond acceptors (Lipinski definition) is 3. The second kappa shape index (κ2) is 6.74. The predicted molar refractivity (Wildman–Crippen MR) is 92.7 cm³/mol. The van der Waals surface area contributed by atoms with Gasteiger partial charge in [-0.1, -0.05) is 29.8 Å². The molecule has 3 rings (SSSR count). The number of aryl methyl sites for hydroxylation is 1. The summed E-state index contributed by atoms with van der Waals surface area (Å²) in [6, 6.07) is 7.19. The highest BCUT2D eigenvalue weighted by Crippen LogP contribution is 2.24. The van der Waals surface area contributed by atoms with Crippen LogP contribution in [-0.4, -0.2) is 71.3 Å². The Balaban J connectivity index is 1.56. The topological polar surface area (TPSA) is 73.0 Å². The molecule has 1 N–H and O–H groups in total. The van der Waals surface area contributed by atoms with Gasteiger partial charge in [0.05, 0.1) is 6.04 Å². The largest absolute Gasteiger partial charge is 0.350 e. The average molecular weight is 344 g/mol. The molecular formula is C18H24N4O3. The van der Waals surface area contributed by atoms with Crippen molar-refractivity contribution in [3.63, 3.8) is 0 Å². The minimum atomic E-state index is -0.475. The van der Waals surface area contributed by atoms with Gasteiger partial charge in [0.15, 0.2) is 0 Å². The van der Waals surface area contributed by atoms with Crippen LogP contribution in [0, 0.1) is 6.92 Å². The third-order valence-corrected chi connectivity index (χ3v) is 4.90. The number of likely N-dealkylation sites (N-methyl/N-ethyl adjacent to an activating group) is 1. The fourth-order valence-electron chi connectivity index (χ4n) is 3.48. The van der Waals surface area contributed by atoms with E-state index in [1.54, 1.807) is 23.8 Å². The van der Waals surface area contributed by atoms with Crippen molar-refractivity contribution in [2.45, 2.75) is 32.5 Å². The number of benzene rings is 1. The van der Waals surface area contributed by atoms with Gasteiger partial charge in [0.2, 0.25) is 11.8 Å². The van der Waals surface area contributed by atoms with E-state index in [1.807, 2.05) is 31.2 Å². The zero-order chi connectivity index (χ0) is 18.1. The number of hydrogen-bond donors (Lipinski definition) is 1. The summed E-state index contributed by atoms with van der Waals surface area (Å²) in [7, 11) is 1.75. The van der Waals surface area contributed by atoms with E-state index in [0.29, 0.717) is 19.6 Å². The van der Waals surface area contributed by atoms with E-state index in [-0.39, 0.29) is 30.4 Å². The van der Waals surface area contributed by atoms with E-state index in [4.69, 9.17) is 0 Å². The molecule has 2 aliphatic rings. The van der Waals surface area contributed by atoms with Crippen molar-refractivity contribution in [3.05, 3.63) is 35.4 Å². The zero-order valence-electron chi connectivity index (χ0n) is 14.9. The van der Waals surface area contributed by atoms with Crippen LogP contribution in [0.1, 0.15) is 18.1 Å². The van der Waals surface area contributed by atoms with Crippen molar-refractivity contribution in [1.29, 1.82) is 0 Å². The highest BCUT2D eigenvalue weighted by molar-refractivity contribution is 5.91. The molecule has 0 bridgehead atoms. The minimum absolute atomic E-state index is 0.0162. The standard InChI is InChI=1S/C18H24N4O3/c1-12-4-6-14(7-5-12)8-19-16(23)11-21-10-15-9-20(3)17(24)13(2)22(15)18(21)25/h4-7,13,15H,8-11H2,1-3H3,(H,19,23)/t13-,15+/m0/s1. The van der Waals surface area contributed by atoms with Gasteiger partial charge in [0.25, 0.3) is 0 Å². The third-order valence-electron chi connectivity index (χ3n) is 4.90. The van der Waals surface area contributed by atoms with Crippen LogP contribution in [0.5, 0.6) is 0 Å². The number of rotatable bonds is 4. The molecule has 134 valence electrons. The molecule has 25 heavy (non-hydrogen) atoms. The maximum atomic E-state index is 12.6. The molecule has 2 heterocycles. The molecule has 2 atom stereocenters. The average Bonchev–Trinajstić information content (AvgIpc) is 2.88. The van der Waals surface area contributed by atoms with Gasteiger partial charge in [0, 0.05) is 26.7 Å². The Bertz CT molecular complexity index is 688. The molecule has 2 aliphatic heterocycles. The lowest BCUT2D eigenvalue weighted by molar-refractivity contribution is -0.139. The van der Waals surface area contributed by atoms with Crippen molar-refractivity contribution < 1.29 is 14.4 Å². The van der Waals surface area contributed by atoms with Crippen molar-refractivity contribution in [2.24, 2.45) is 0 Å². The lowest BCUT2D eigenvalue weighted by Crippen LogP contribution is -2.58. The molecule has 0 aliphatic carbocycles. The molecule has 0 radical (unpaired) electrons. The van der Waals surface area contributed by atoms with Gasteiger partial charge in [-0.25, -0.2) is 4.79 Å². The molecule has 4 amide bonds. The SMILES string of the molecule is Cc1ccc(CNC(=O)CN2C[C@H]3CN(C)C(=O)[C@H](C)N3C2=O)cc1. The van der Waals surface area contributed by atoms with E-state index in [1.165, 1.54) is 10.5 Å². The number of amides is 4. The zero-order valence-corrected chi connectivity index (χ0v) is 14.9. The van der Waals surface area contributed by atoms with Gasteiger partial charge in [-0.15, -0.1) is 0 Å². The van der Waals surface area contributed by atoms with E-state index < -0.39 is 6.04 Å². The molecular weight excluding hydrogens is 320 g/mol. The van der Waals surface area contributed by atoms with Crippen LogP contribution in [0.25, 0.3) is 0 Å². The first-order valence-electron chi connectivity index (χ1n) is 8.51. The molecule has 2 fully saturated rings. The second-order valence-electron chi connectivity index (χ2n) is 6.88. The molecule has 1 aromatic rings. The third kappa shape index (κ3) is 3.45. The van der Waals surface area contributed by atoms with Crippen LogP contribution in [0.15, 0.2) is 24.3 Å². The van der Waals surface area contributed by atoms with Crippen molar-refractivity contribution >= 4 is 17.8 Å². The van der Waals surface area contributed by atoms with Crippen molar-refractivity contribution in [3.8, 4) is 0 Å². The summed E-state index contributed by atoms with van der Waals surface area (Å²) in [5.74, 6) is -0.253. The maximum Gasteiger partial charge on any atom is 0.321 e. The summed E-state index contributed by atoms with van der Waals surface area (Å²) >= 11 is 0. The van der Waals surface area contributed by atoms with Crippen LogP contribution in [0.4, 0.5) is 4.79 Å². The summed E-state index contributed by atoms with van der Waals surface area (Å²) in [4.78, 5) is 41.6. The summed E-state index contributed by atoms with van der Waals surface area (Å²) in [5.41, 5.74) is 2.19. The molecule has 0 spiro atoms. The molecule has 7 nitrogen and oxygen atoms in total. The lowest BCUT2D eigenvalue weighted by Gasteiger charge is -2.38. The highest BCUT2D eigenvalue weighted by atomic mass is 16.2. The maximum absolute atomic E-state index is 12.6. The summed E-state index contributed by atoms with van der Waals surface area (Å²) < 4.78 is 0. The number of carbonyl (C=O) groups excluding carboxylic acids is 3. The van der Waals surface area contributed by atoms with Gasteiger partial charge in [-0.05, 0) is 19.4 Å². The molecule has 1 aromatic carbocycles. The van der Waals surface area contributed by atoms with Crippen LogP contribution in [0.3, 0.4) is 0 Å². The second-order valence-corrected chi connectivity index (χ2v) is 6.88. The molecule has 7 heteroatoms. The Morgan fingerprint density at radius 1 is 1.20 bits per heavy atom. The number of carbonyl (C=O) groups is 3. The van der Waals surface area contributed by atoms with Crippen LogP contribution < -0.4 is 5.32 Å². The monoisotopic (exact) mass is 344 g/mol. The Morgan fingerprint density at radius 2 is 1.88 bits per heavy atom. The van der Waals surface area contributed by atoms with Gasteiger partial charge in [-0.3, -0.25) is 9.59 Å². The Hall–Kier alpha value is -2.57. The van der Waals surface area contributed by atoms with E-state index in [9.17, 15) is 14.4 Å². The van der Waals surface area contributed by atoms with E-state index in [0.717, 1.165) is 5.56 Å². The molecule has 2 saturated heterocycles. The van der Waals surface area contributed by atoms with Crippen molar-refractivity contribution in [1.82, 2.24) is 20.0 Å². The number of nitrogens with one attached hydrogen (secondary N) is 1. The fraction of sp³-hybridized carbons (Fsp3) is 0.500. The first kappa shape index (κ1) is 17.3. The van der Waals surface area contributed by atoms with Gasteiger partial charge in [0.1, 0.15) is 12.6 Å². The smallest absolute Gasteiger partial charge is 0.321 e. The van der Waals surface area contributed by atoms with Gasteiger partial charge < -0.3 is 20.0 Å². The Labute approximate surface area is 147 Å². The van der Waals surface area contributed by atoms with E-state index >= 15 is 0 Å². The summed E-state index contributed by atoms with van der Waals surface area (Å²) in [5, 5.41) is 2.85. The number of nitrogens with zero attached hydrogens (tertiary/aromatic N) is 3. The Morgan fingerprint density at radius 3 is 2.56 bits per heavy atom. The molecule has 0 unspecified atom stereocenters. The fourth-order valence-corrected chi connectivity index (χ4v) is 3.48. The van der Waals surface area contributed by atoms with Crippen LogP contribution in [-0.2, 0) is 16.1 Å². The Kier molecular flexibility index (Phi) is 4.65. The minimum Gasteiger partial charge on any atom is -0.350 e. The quantitative estimate of drug-likeness (QED) is 0.868. The number of fused-ring (bicyclic) bond motifs is 1. The first-order valence-corrected chi connectivity index (χ1v) is 8.51. The lowest BCUT2D eigenvalue weighted by atomic mass is 10.1. The van der Waals surface area contributed by atoms with Crippen LogP contribution in [0.2, 0.25) is 0 Å². The van der Waals surface area contributed by atoms with E-state index in [2.05, 4.69) is 5.32 Å². The molecule has 0 saturated carbocycles. The summed E-state index contributed by atoms with van der Waals surface area (Å²) in [6.45, 7) is 5.19. The van der Waals surface area contributed by atoms with Gasteiger partial charge >= 0.3 is 6.03 Å². The summed E-state index contributed by atoms with van der Waals surface area (Å²) in [6.07, 6.45) is 0. The first-order chi connectivity index (χ1) is 11.9. The number of piperazine rings is 1. The number of urea groups is 1. The van der Waals surface area contributed by atoms with Gasteiger partial charge in [-0.2, -0.15) is 0 Å². The van der Waals surface area contributed by atoms with Crippen LogP contribution >= 0.6 is 0 Å². The van der Waals surface area contributed by atoms with Crippen molar-refractivity contribution in [2.75, 3.05) is 26.7 Å². The highest BCUT2D eigenvalue weighted by Gasteiger charge is 2.47.